The summed E-state index contributed by atoms with van der Waals surface area (Å²) in [5.41, 5.74) is 1.52. The molecule has 0 spiro atoms. The molecule has 2 aliphatic rings. The number of rotatable bonds is 7. The van der Waals surface area contributed by atoms with E-state index in [4.69, 9.17) is 0 Å². The molecule has 34 heavy (non-hydrogen) atoms. The molecule has 0 radical (unpaired) electrons. The van der Waals surface area contributed by atoms with Gasteiger partial charge in [-0.3, -0.25) is 14.4 Å². The normalized spacial score (nSPS) is 17.8. The highest BCUT2D eigenvalue weighted by atomic mass is 16.2. The summed E-state index contributed by atoms with van der Waals surface area (Å²) in [6.07, 6.45) is 0.997. The second-order valence-corrected chi connectivity index (χ2v) is 9.04. The van der Waals surface area contributed by atoms with Crippen LogP contribution in [0.25, 0.3) is 11.1 Å². The fourth-order valence-electron chi connectivity index (χ4n) is 3.97. The van der Waals surface area contributed by atoms with Crippen molar-refractivity contribution in [2.75, 3.05) is 33.2 Å². The van der Waals surface area contributed by atoms with E-state index in [1.54, 1.807) is 17.0 Å². The molecule has 1 atom stereocenters. The number of benzene rings is 2. The third-order valence-corrected chi connectivity index (χ3v) is 6.44. The van der Waals surface area contributed by atoms with Gasteiger partial charge in [-0.15, -0.1) is 0 Å². The van der Waals surface area contributed by atoms with Gasteiger partial charge in [-0.05, 0) is 43.1 Å². The molecule has 1 heterocycles. The molecule has 2 aromatic rings. The number of hydrogen-bond donors (Lipinski definition) is 2. The summed E-state index contributed by atoms with van der Waals surface area (Å²) in [5.74, 6) is -1.13. The molecule has 4 rings (SSSR count). The molecule has 0 aromatic heterocycles. The molecular formula is C26H29N5O3. The van der Waals surface area contributed by atoms with Crippen LogP contribution in [0.5, 0.6) is 0 Å². The van der Waals surface area contributed by atoms with Crippen LogP contribution in [0.4, 0.5) is 0 Å². The van der Waals surface area contributed by atoms with E-state index in [0.717, 1.165) is 24.2 Å². The summed E-state index contributed by atoms with van der Waals surface area (Å²) >= 11 is 0. The molecule has 176 valence electrons. The van der Waals surface area contributed by atoms with Crippen LogP contribution < -0.4 is 10.6 Å². The molecule has 3 amide bonds. The fraction of sp³-hybridized carbons (Fsp3) is 0.385. The molecule has 2 fully saturated rings. The zero-order valence-electron chi connectivity index (χ0n) is 19.3. The van der Waals surface area contributed by atoms with Gasteiger partial charge in [0.15, 0.2) is 0 Å². The Balaban J connectivity index is 1.45. The van der Waals surface area contributed by atoms with Crippen LogP contribution in [-0.4, -0.2) is 72.3 Å². The van der Waals surface area contributed by atoms with Crippen LogP contribution in [0.1, 0.15) is 29.6 Å². The summed E-state index contributed by atoms with van der Waals surface area (Å²) < 4.78 is 0. The molecule has 0 unspecified atom stereocenters. The van der Waals surface area contributed by atoms with Gasteiger partial charge in [-0.1, -0.05) is 42.5 Å². The quantitative estimate of drug-likeness (QED) is 0.657. The average Bonchev–Trinajstić information content (AvgIpc) is 3.64. The van der Waals surface area contributed by atoms with E-state index in [1.807, 2.05) is 49.5 Å². The Kier molecular flexibility index (Phi) is 6.94. The molecule has 1 aliphatic carbocycles. The Labute approximate surface area is 199 Å². The number of nitriles is 1. The summed E-state index contributed by atoms with van der Waals surface area (Å²) in [4.78, 5) is 42.7. The largest absolute Gasteiger partial charge is 0.340 e. The van der Waals surface area contributed by atoms with Gasteiger partial charge in [0.05, 0.1) is 12.5 Å². The smallest absolute Gasteiger partial charge is 0.251 e. The predicted molar refractivity (Wildman–Crippen MR) is 128 cm³/mol. The summed E-state index contributed by atoms with van der Waals surface area (Å²) in [7, 11) is 2.00. The number of piperazine rings is 1. The van der Waals surface area contributed by atoms with Crippen LogP contribution in [-0.2, 0) is 9.59 Å². The van der Waals surface area contributed by atoms with Crippen LogP contribution in [0, 0.1) is 11.3 Å². The highest BCUT2D eigenvalue weighted by molar-refractivity contribution is 5.99. The van der Waals surface area contributed by atoms with E-state index < -0.39 is 23.4 Å². The summed E-state index contributed by atoms with van der Waals surface area (Å²) in [5, 5.41) is 14.8. The third kappa shape index (κ3) is 5.61. The minimum Gasteiger partial charge on any atom is -0.340 e. The number of hydrogen-bond acceptors (Lipinski definition) is 5. The SMILES string of the molecule is CN1CCN(C(=O)C[C@H](NC(=O)c2ccc(-c3ccccc3)cc2)C(=O)NC2(C#N)CC2)CC1. The molecule has 2 aromatic carbocycles. The van der Waals surface area contributed by atoms with Crippen molar-refractivity contribution in [2.45, 2.75) is 30.8 Å². The fourth-order valence-corrected chi connectivity index (χ4v) is 3.97. The lowest BCUT2D eigenvalue weighted by Gasteiger charge is -2.33. The molecule has 1 aliphatic heterocycles. The van der Waals surface area contributed by atoms with Crippen molar-refractivity contribution in [1.29, 1.82) is 5.26 Å². The first-order valence-electron chi connectivity index (χ1n) is 11.6. The first-order valence-corrected chi connectivity index (χ1v) is 11.6. The maximum atomic E-state index is 13.0. The van der Waals surface area contributed by atoms with Crippen LogP contribution >= 0.6 is 0 Å². The van der Waals surface area contributed by atoms with Gasteiger partial charge >= 0.3 is 0 Å². The Bertz CT molecular complexity index is 1080. The third-order valence-electron chi connectivity index (χ3n) is 6.44. The predicted octanol–water partition coefficient (Wildman–Crippen LogP) is 1.79. The van der Waals surface area contributed by atoms with E-state index >= 15 is 0 Å². The molecule has 1 saturated heterocycles. The van der Waals surface area contributed by atoms with E-state index in [9.17, 15) is 19.6 Å². The van der Waals surface area contributed by atoms with Crippen molar-refractivity contribution in [1.82, 2.24) is 20.4 Å². The van der Waals surface area contributed by atoms with Gasteiger partial charge in [0.2, 0.25) is 11.8 Å². The van der Waals surface area contributed by atoms with Gasteiger partial charge in [0.25, 0.3) is 5.91 Å². The van der Waals surface area contributed by atoms with Gasteiger partial charge in [0, 0.05) is 31.7 Å². The van der Waals surface area contributed by atoms with Gasteiger partial charge < -0.3 is 20.4 Å². The Morgan fingerprint density at radius 3 is 2.18 bits per heavy atom. The maximum Gasteiger partial charge on any atom is 0.251 e. The standard InChI is InChI=1S/C26H29N5O3/c1-30-13-15-31(16-14-30)23(32)17-22(25(34)29-26(18-27)11-12-26)28-24(33)21-9-7-20(8-10-21)19-5-3-2-4-6-19/h2-10,22H,11-17H2,1H3,(H,28,33)(H,29,34)/t22-/m0/s1. The number of carbonyl (C=O) groups excluding carboxylic acids is 3. The lowest BCUT2D eigenvalue weighted by atomic mass is 10.0. The van der Waals surface area contributed by atoms with E-state index in [1.165, 1.54) is 0 Å². The average molecular weight is 460 g/mol. The molecule has 8 nitrogen and oxygen atoms in total. The first-order chi connectivity index (χ1) is 16.4. The Hall–Kier alpha value is -3.70. The van der Waals surface area contributed by atoms with Crippen molar-refractivity contribution < 1.29 is 14.4 Å². The van der Waals surface area contributed by atoms with Crippen molar-refractivity contribution in [2.24, 2.45) is 0 Å². The molecule has 8 heteroatoms. The second-order valence-electron chi connectivity index (χ2n) is 9.04. The van der Waals surface area contributed by atoms with Gasteiger partial charge in [-0.25, -0.2) is 0 Å². The van der Waals surface area contributed by atoms with Crippen LogP contribution in [0.3, 0.4) is 0 Å². The van der Waals surface area contributed by atoms with Crippen molar-refractivity contribution in [3.05, 3.63) is 60.2 Å². The van der Waals surface area contributed by atoms with Crippen molar-refractivity contribution >= 4 is 17.7 Å². The molecule has 2 N–H and O–H groups in total. The first kappa shape index (κ1) is 23.5. The molecule has 1 saturated carbocycles. The highest BCUT2D eigenvalue weighted by Crippen LogP contribution is 2.34. The van der Waals surface area contributed by atoms with E-state index in [0.29, 0.717) is 31.5 Å². The van der Waals surface area contributed by atoms with Crippen molar-refractivity contribution in [3.63, 3.8) is 0 Å². The number of nitrogens with one attached hydrogen (secondary N) is 2. The monoisotopic (exact) mass is 459 g/mol. The highest BCUT2D eigenvalue weighted by Gasteiger charge is 2.46. The topological polar surface area (TPSA) is 106 Å². The van der Waals surface area contributed by atoms with Crippen LogP contribution in [0.2, 0.25) is 0 Å². The summed E-state index contributed by atoms with van der Waals surface area (Å²) in [6, 6.07) is 18.0. The Morgan fingerprint density at radius 2 is 1.59 bits per heavy atom. The number of carbonyl (C=O) groups is 3. The maximum absolute atomic E-state index is 13.0. The van der Waals surface area contributed by atoms with Gasteiger partial charge in [-0.2, -0.15) is 5.26 Å². The number of amides is 3. The zero-order chi connectivity index (χ0) is 24.1. The Morgan fingerprint density at radius 1 is 0.971 bits per heavy atom. The molecular weight excluding hydrogens is 430 g/mol. The molecule has 0 bridgehead atoms. The number of nitrogens with zero attached hydrogens (tertiary/aromatic N) is 3. The zero-order valence-corrected chi connectivity index (χ0v) is 19.3. The van der Waals surface area contributed by atoms with Gasteiger partial charge in [0.1, 0.15) is 11.6 Å². The lowest BCUT2D eigenvalue weighted by Crippen LogP contribution is -2.54. The number of likely N-dealkylation sites (N-methyl/N-ethyl adjacent to an activating group) is 1. The van der Waals surface area contributed by atoms with Crippen LogP contribution in [0.15, 0.2) is 54.6 Å². The van der Waals surface area contributed by atoms with E-state index in [-0.39, 0.29) is 12.3 Å². The minimum absolute atomic E-state index is 0.148. The lowest BCUT2D eigenvalue weighted by molar-refractivity contribution is -0.136. The van der Waals surface area contributed by atoms with Crippen molar-refractivity contribution in [3.8, 4) is 17.2 Å². The minimum atomic E-state index is -1.06. The van der Waals surface area contributed by atoms with E-state index in [2.05, 4.69) is 21.6 Å². The summed E-state index contributed by atoms with van der Waals surface area (Å²) in [6.45, 7) is 2.70. The second kappa shape index (κ2) is 10.1.